The first-order valence-corrected chi connectivity index (χ1v) is 7.59. The number of unbranched alkanes of at least 4 members (excludes halogenated alkanes) is 1. The van der Waals surface area contributed by atoms with E-state index in [1.54, 1.807) is 0 Å². The molecule has 0 radical (unpaired) electrons. The van der Waals surface area contributed by atoms with Gasteiger partial charge in [0.25, 0.3) is 0 Å². The summed E-state index contributed by atoms with van der Waals surface area (Å²) in [6, 6.07) is 0. The Balaban J connectivity index is 1.89. The van der Waals surface area contributed by atoms with Crippen molar-refractivity contribution < 1.29 is 4.21 Å². The Bertz CT molecular complexity index is 177. The zero-order valence-electron chi connectivity index (χ0n) is 9.83. The lowest BCUT2D eigenvalue weighted by Gasteiger charge is -2.25. The summed E-state index contributed by atoms with van der Waals surface area (Å²) in [5.74, 6) is 1.77. The van der Waals surface area contributed by atoms with Crippen LogP contribution < -0.4 is 5.32 Å². The quantitative estimate of drug-likeness (QED) is 0.660. The van der Waals surface area contributed by atoms with Gasteiger partial charge in [-0.1, -0.05) is 6.92 Å². The molecule has 1 aliphatic rings. The van der Waals surface area contributed by atoms with Crippen molar-refractivity contribution in [1.82, 2.24) is 10.2 Å². The molecule has 1 rings (SSSR count). The molecule has 0 bridgehead atoms. The lowest BCUT2D eigenvalue weighted by atomic mass is 10.3. The standard InChI is InChI=1S/C11H24N2OS/c1-2-5-12-6-3-4-7-13-8-10-15(14)11-9-13/h12H,2-11H2,1H3. The van der Waals surface area contributed by atoms with E-state index in [4.69, 9.17) is 0 Å². The van der Waals surface area contributed by atoms with Gasteiger partial charge in [-0.25, -0.2) is 0 Å². The topological polar surface area (TPSA) is 32.3 Å². The van der Waals surface area contributed by atoms with Gasteiger partial charge in [-0.2, -0.15) is 0 Å². The van der Waals surface area contributed by atoms with Gasteiger partial charge in [0.15, 0.2) is 0 Å². The molecule has 0 spiro atoms. The summed E-state index contributed by atoms with van der Waals surface area (Å²) in [6.45, 7) is 7.74. The maximum absolute atomic E-state index is 11.1. The first-order chi connectivity index (χ1) is 7.33. The Morgan fingerprint density at radius 1 is 1.20 bits per heavy atom. The summed E-state index contributed by atoms with van der Waals surface area (Å²) < 4.78 is 11.1. The highest BCUT2D eigenvalue weighted by molar-refractivity contribution is 7.85. The molecule has 0 unspecified atom stereocenters. The largest absolute Gasteiger partial charge is 0.317 e. The minimum Gasteiger partial charge on any atom is -0.317 e. The van der Waals surface area contributed by atoms with E-state index in [9.17, 15) is 4.21 Å². The van der Waals surface area contributed by atoms with Crippen molar-refractivity contribution in [3.63, 3.8) is 0 Å². The normalized spacial score (nSPS) is 19.5. The molecule has 0 aromatic carbocycles. The van der Waals surface area contributed by atoms with Crippen LogP contribution >= 0.6 is 0 Å². The third kappa shape index (κ3) is 6.28. The fraction of sp³-hybridized carbons (Fsp3) is 1.00. The van der Waals surface area contributed by atoms with Crippen LogP contribution in [-0.4, -0.2) is 53.3 Å². The highest BCUT2D eigenvalue weighted by Crippen LogP contribution is 2.01. The van der Waals surface area contributed by atoms with E-state index in [1.165, 1.54) is 25.8 Å². The zero-order valence-corrected chi connectivity index (χ0v) is 10.7. The van der Waals surface area contributed by atoms with E-state index >= 15 is 0 Å². The predicted molar refractivity (Wildman–Crippen MR) is 66.7 cm³/mol. The summed E-state index contributed by atoms with van der Waals surface area (Å²) in [5, 5.41) is 3.41. The summed E-state index contributed by atoms with van der Waals surface area (Å²) in [7, 11) is -0.527. The Hall–Kier alpha value is 0.0700. The van der Waals surface area contributed by atoms with Gasteiger partial charge in [-0.15, -0.1) is 0 Å². The first-order valence-electron chi connectivity index (χ1n) is 6.11. The fourth-order valence-electron chi connectivity index (χ4n) is 1.79. The minimum absolute atomic E-state index is 0.527. The van der Waals surface area contributed by atoms with Crippen LogP contribution in [0.25, 0.3) is 0 Å². The molecule has 0 amide bonds. The Kier molecular flexibility index (Phi) is 7.22. The van der Waals surface area contributed by atoms with Gasteiger partial charge < -0.3 is 10.2 Å². The molecule has 1 saturated heterocycles. The molecule has 90 valence electrons. The maximum atomic E-state index is 11.1. The van der Waals surface area contributed by atoms with Gasteiger partial charge in [0.2, 0.25) is 0 Å². The molecule has 1 N–H and O–H groups in total. The predicted octanol–water partition coefficient (Wildman–Crippen LogP) is 0.831. The third-order valence-corrected chi connectivity index (χ3v) is 4.05. The van der Waals surface area contributed by atoms with Gasteiger partial charge in [0, 0.05) is 35.4 Å². The van der Waals surface area contributed by atoms with Gasteiger partial charge in [0.1, 0.15) is 0 Å². The van der Waals surface area contributed by atoms with Crippen molar-refractivity contribution in [3.8, 4) is 0 Å². The van der Waals surface area contributed by atoms with Crippen molar-refractivity contribution in [2.45, 2.75) is 26.2 Å². The van der Waals surface area contributed by atoms with E-state index in [1.807, 2.05) is 0 Å². The summed E-state index contributed by atoms with van der Waals surface area (Å²) >= 11 is 0. The Labute approximate surface area is 96.1 Å². The molecule has 0 aromatic rings. The van der Waals surface area contributed by atoms with Crippen molar-refractivity contribution >= 4 is 10.8 Å². The number of rotatable bonds is 7. The van der Waals surface area contributed by atoms with Crippen LogP contribution in [0.3, 0.4) is 0 Å². The molecule has 15 heavy (non-hydrogen) atoms. The second kappa shape index (κ2) is 8.25. The second-order valence-corrected chi connectivity index (χ2v) is 5.84. The van der Waals surface area contributed by atoms with E-state index in [2.05, 4.69) is 17.1 Å². The van der Waals surface area contributed by atoms with E-state index in [0.29, 0.717) is 0 Å². The average Bonchev–Trinajstić information content (AvgIpc) is 2.26. The summed E-state index contributed by atoms with van der Waals surface area (Å²) in [5.41, 5.74) is 0. The molecule has 0 atom stereocenters. The van der Waals surface area contributed by atoms with Gasteiger partial charge in [-0.3, -0.25) is 4.21 Å². The van der Waals surface area contributed by atoms with Crippen molar-refractivity contribution in [1.29, 1.82) is 0 Å². The van der Waals surface area contributed by atoms with Crippen LogP contribution in [0.15, 0.2) is 0 Å². The van der Waals surface area contributed by atoms with Crippen LogP contribution in [0.4, 0.5) is 0 Å². The van der Waals surface area contributed by atoms with Crippen LogP contribution in [0.2, 0.25) is 0 Å². The molecule has 0 aromatic heterocycles. The molecule has 0 aliphatic carbocycles. The fourth-order valence-corrected chi connectivity index (χ4v) is 2.91. The summed E-state index contributed by atoms with van der Waals surface area (Å²) in [6.07, 6.45) is 3.75. The summed E-state index contributed by atoms with van der Waals surface area (Å²) in [4.78, 5) is 2.45. The molecule has 4 heteroatoms. The smallest absolute Gasteiger partial charge is 0.0363 e. The Morgan fingerprint density at radius 3 is 2.60 bits per heavy atom. The van der Waals surface area contributed by atoms with E-state index in [0.717, 1.165) is 37.7 Å². The highest BCUT2D eigenvalue weighted by atomic mass is 32.2. The number of hydrogen-bond donors (Lipinski definition) is 1. The molecular weight excluding hydrogens is 208 g/mol. The third-order valence-electron chi connectivity index (χ3n) is 2.78. The van der Waals surface area contributed by atoms with Gasteiger partial charge in [0.05, 0.1) is 0 Å². The van der Waals surface area contributed by atoms with Crippen molar-refractivity contribution in [2.24, 2.45) is 0 Å². The zero-order chi connectivity index (χ0) is 10.9. The van der Waals surface area contributed by atoms with Crippen LogP contribution in [-0.2, 0) is 10.8 Å². The highest BCUT2D eigenvalue weighted by Gasteiger charge is 2.13. The van der Waals surface area contributed by atoms with E-state index < -0.39 is 10.8 Å². The number of nitrogens with zero attached hydrogens (tertiary/aromatic N) is 1. The monoisotopic (exact) mass is 232 g/mol. The van der Waals surface area contributed by atoms with Gasteiger partial charge in [-0.05, 0) is 38.9 Å². The molecule has 1 fully saturated rings. The maximum Gasteiger partial charge on any atom is 0.0363 e. The molecule has 0 saturated carbocycles. The molecule has 1 aliphatic heterocycles. The lowest BCUT2D eigenvalue weighted by Crippen LogP contribution is -2.38. The molecular formula is C11H24N2OS. The number of hydrogen-bond acceptors (Lipinski definition) is 3. The van der Waals surface area contributed by atoms with Gasteiger partial charge >= 0.3 is 0 Å². The van der Waals surface area contributed by atoms with Crippen LogP contribution in [0, 0.1) is 0 Å². The lowest BCUT2D eigenvalue weighted by molar-refractivity contribution is 0.292. The van der Waals surface area contributed by atoms with E-state index in [-0.39, 0.29) is 0 Å². The second-order valence-electron chi connectivity index (χ2n) is 4.15. The van der Waals surface area contributed by atoms with Crippen LogP contribution in [0.5, 0.6) is 0 Å². The average molecular weight is 232 g/mol. The first kappa shape index (κ1) is 13.1. The molecule has 1 heterocycles. The van der Waals surface area contributed by atoms with Crippen molar-refractivity contribution in [2.75, 3.05) is 44.2 Å². The Morgan fingerprint density at radius 2 is 1.93 bits per heavy atom. The molecule has 3 nitrogen and oxygen atoms in total. The van der Waals surface area contributed by atoms with Crippen molar-refractivity contribution in [3.05, 3.63) is 0 Å². The minimum atomic E-state index is -0.527. The number of nitrogens with one attached hydrogen (secondary N) is 1. The van der Waals surface area contributed by atoms with Crippen LogP contribution in [0.1, 0.15) is 26.2 Å². The SMILES string of the molecule is CCCNCCCCN1CCS(=O)CC1.